The second kappa shape index (κ2) is 10.1. The van der Waals surface area contributed by atoms with Gasteiger partial charge in [0, 0.05) is 37.3 Å². The molecule has 33 heavy (non-hydrogen) atoms. The number of hydrogen-bond donors (Lipinski definition) is 1. The lowest BCUT2D eigenvalue weighted by molar-refractivity contribution is -0.131. The van der Waals surface area contributed by atoms with Crippen molar-refractivity contribution in [3.05, 3.63) is 95.8 Å². The molecule has 0 atom stereocenters. The predicted molar refractivity (Wildman–Crippen MR) is 123 cm³/mol. The Hall–Kier alpha value is -4.00. The van der Waals surface area contributed by atoms with E-state index in [0.29, 0.717) is 37.3 Å². The number of rotatable bonds is 5. The lowest BCUT2D eigenvalue weighted by atomic mass is 10.0. The van der Waals surface area contributed by atoms with Crippen molar-refractivity contribution in [3.8, 4) is 11.1 Å². The molecule has 7 heteroatoms. The van der Waals surface area contributed by atoms with Crippen LogP contribution in [-0.4, -0.2) is 60.2 Å². The van der Waals surface area contributed by atoms with Crippen LogP contribution in [0.5, 0.6) is 0 Å². The van der Waals surface area contributed by atoms with Crippen LogP contribution in [0.4, 0.5) is 4.39 Å². The maximum Gasteiger partial charge on any atom is 0.253 e. The maximum absolute atomic E-state index is 13.1. The van der Waals surface area contributed by atoms with Crippen LogP contribution in [-0.2, 0) is 4.79 Å². The van der Waals surface area contributed by atoms with Crippen LogP contribution < -0.4 is 5.32 Å². The van der Waals surface area contributed by atoms with E-state index < -0.39 is 5.82 Å². The summed E-state index contributed by atoms with van der Waals surface area (Å²) in [5.74, 6) is -1.09. The van der Waals surface area contributed by atoms with E-state index in [1.54, 1.807) is 21.9 Å². The van der Waals surface area contributed by atoms with E-state index in [9.17, 15) is 18.8 Å². The Bertz CT molecular complexity index is 1120. The predicted octanol–water partition coefficient (Wildman–Crippen LogP) is 3.21. The summed E-state index contributed by atoms with van der Waals surface area (Å²) in [6.45, 7) is 1.43. The van der Waals surface area contributed by atoms with E-state index in [-0.39, 0.29) is 24.3 Å². The zero-order chi connectivity index (χ0) is 23.2. The number of carbonyl (C=O) groups excluding carboxylic acids is 3. The van der Waals surface area contributed by atoms with Crippen LogP contribution in [0.2, 0.25) is 0 Å². The molecule has 3 amide bonds. The van der Waals surface area contributed by atoms with E-state index in [1.165, 1.54) is 24.3 Å². The first-order valence-corrected chi connectivity index (χ1v) is 10.8. The van der Waals surface area contributed by atoms with E-state index >= 15 is 0 Å². The summed E-state index contributed by atoms with van der Waals surface area (Å²) in [4.78, 5) is 40.8. The number of amides is 3. The number of nitrogens with zero attached hydrogens (tertiary/aromatic N) is 2. The van der Waals surface area contributed by atoms with Gasteiger partial charge in [-0.3, -0.25) is 14.4 Å². The highest BCUT2D eigenvalue weighted by Gasteiger charge is 2.25. The van der Waals surface area contributed by atoms with Gasteiger partial charge < -0.3 is 15.1 Å². The quantitative estimate of drug-likeness (QED) is 0.656. The minimum absolute atomic E-state index is 0.106. The van der Waals surface area contributed by atoms with Gasteiger partial charge in [0.2, 0.25) is 5.91 Å². The molecular formula is C26H24FN3O3. The van der Waals surface area contributed by atoms with Gasteiger partial charge in [0.1, 0.15) is 5.82 Å². The SMILES string of the molecule is O=C(NCC(=O)N1CCN(C(=O)c2ccc(F)cc2)CC1)c1ccc(-c2ccccc2)cc1. The molecule has 1 fully saturated rings. The van der Waals surface area contributed by atoms with Crippen molar-refractivity contribution in [2.45, 2.75) is 0 Å². The van der Waals surface area contributed by atoms with Crippen molar-refractivity contribution in [2.75, 3.05) is 32.7 Å². The van der Waals surface area contributed by atoms with Gasteiger partial charge in [-0.05, 0) is 47.5 Å². The number of nitrogens with one attached hydrogen (secondary N) is 1. The van der Waals surface area contributed by atoms with Gasteiger partial charge >= 0.3 is 0 Å². The lowest BCUT2D eigenvalue weighted by Crippen LogP contribution is -2.52. The molecule has 1 N–H and O–H groups in total. The van der Waals surface area contributed by atoms with Crippen molar-refractivity contribution in [3.63, 3.8) is 0 Å². The Labute approximate surface area is 191 Å². The standard InChI is InChI=1S/C26H24FN3O3/c27-23-12-10-22(11-13-23)26(33)30-16-14-29(15-17-30)24(31)18-28-25(32)21-8-6-20(7-9-21)19-4-2-1-3-5-19/h1-13H,14-18H2,(H,28,32). The summed E-state index contributed by atoms with van der Waals surface area (Å²) >= 11 is 0. The van der Waals surface area contributed by atoms with Gasteiger partial charge in [0.05, 0.1) is 6.54 Å². The first kappa shape index (κ1) is 22.2. The fraction of sp³-hybridized carbons (Fsp3) is 0.192. The van der Waals surface area contributed by atoms with Crippen LogP contribution in [0.3, 0.4) is 0 Å². The molecule has 0 aliphatic carbocycles. The van der Waals surface area contributed by atoms with Gasteiger partial charge in [-0.25, -0.2) is 4.39 Å². The fourth-order valence-corrected chi connectivity index (χ4v) is 3.75. The number of halogens is 1. The smallest absolute Gasteiger partial charge is 0.253 e. The third-order valence-corrected chi connectivity index (χ3v) is 5.67. The van der Waals surface area contributed by atoms with Crippen LogP contribution in [0.1, 0.15) is 20.7 Å². The van der Waals surface area contributed by atoms with Crippen LogP contribution in [0, 0.1) is 5.82 Å². The zero-order valence-electron chi connectivity index (χ0n) is 18.0. The highest BCUT2D eigenvalue weighted by molar-refractivity contribution is 5.97. The van der Waals surface area contributed by atoms with E-state index in [1.807, 2.05) is 42.5 Å². The molecule has 0 saturated carbocycles. The molecule has 0 unspecified atom stereocenters. The second-order valence-electron chi connectivity index (χ2n) is 7.81. The summed E-state index contributed by atoms with van der Waals surface area (Å²) in [6.07, 6.45) is 0. The average Bonchev–Trinajstić information content (AvgIpc) is 2.88. The summed E-state index contributed by atoms with van der Waals surface area (Å²) in [6, 6.07) is 22.5. The molecule has 1 aliphatic heterocycles. The Kier molecular flexibility index (Phi) is 6.78. The Morgan fingerprint density at radius 3 is 1.88 bits per heavy atom. The molecule has 168 valence electrons. The van der Waals surface area contributed by atoms with E-state index in [4.69, 9.17) is 0 Å². The molecule has 1 aliphatic rings. The first-order valence-electron chi connectivity index (χ1n) is 10.8. The van der Waals surface area contributed by atoms with Crippen LogP contribution in [0.25, 0.3) is 11.1 Å². The normalized spacial score (nSPS) is 13.5. The molecular weight excluding hydrogens is 421 g/mol. The largest absolute Gasteiger partial charge is 0.343 e. The van der Waals surface area contributed by atoms with Crippen LogP contribution in [0.15, 0.2) is 78.9 Å². The van der Waals surface area contributed by atoms with Crippen molar-refractivity contribution in [1.82, 2.24) is 15.1 Å². The fourth-order valence-electron chi connectivity index (χ4n) is 3.75. The average molecular weight is 445 g/mol. The summed E-state index contributed by atoms with van der Waals surface area (Å²) < 4.78 is 13.1. The van der Waals surface area contributed by atoms with Gasteiger partial charge in [-0.1, -0.05) is 42.5 Å². The van der Waals surface area contributed by atoms with Gasteiger partial charge in [-0.15, -0.1) is 0 Å². The van der Waals surface area contributed by atoms with Crippen molar-refractivity contribution >= 4 is 17.7 Å². The number of benzene rings is 3. The third-order valence-electron chi connectivity index (χ3n) is 5.67. The van der Waals surface area contributed by atoms with Gasteiger partial charge in [0.25, 0.3) is 11.8 Å². The van der Waals surface area contributed by atoms with Gasteiger partial charge in [0.15, 0.2) is 0 Å². The summed E-state index contributed by atoms with van der Waals surface area (Å²) in [5, 5.41) is 2.67. The molecule has 1 heterocycles. The molecule has 6 nitrogen and oxygen atoms in total. The molecule has 0 spiro atoms. The van der Waals surface area contributed by atoms with Crippen molar-refractivity contribution < 1.29 is 18.8 Å². The minimum atomic E-state index is -0.392. The second-order valence-corrected chi connectivity index (χ2v) is 7.81. The van der Waals surface area contributed by atoms with Gasteiger partial charge in [-0.2, -0.15) is 0 Å². The highest BCUT2D eigenvalue weighted by atomic mass is 19.1. The lowest BCUT2D eigenvalue weighted by Gasteiger charge is -2.34. The van der Waals surface area contributed by atoms with Crippen LogP contribution >= 0.6 is 0 Å². The molecule has 3 aromatic rings. The zero-order valence-corrected chi connectivity index (χ0v) is 18.0. The third kappa shape index (κ3) is 5.44. The van der Waals surface area contributed by atoms with E-state index in [2.05, 4.69) is 5.32 Å². The molecule has 1 saturated heterocycles. The summed E-state index contributed by atoms with van der Waals surface area (Å²) in [7, 11) is 0. The number of piperazine rings is 1. The molecule has 0 aromatic heterocycles. The molecule has 0 bridgehead atoms. The Morgan fingerprint density at radius 2 is 1.24 bits per heavy atom. The van der Waals surface area contributed by atoms with Crippen molar-refractivity contribution in [2.24, 2.45) is 0 Å². The van der Waals surface area contributed by atoms with E-state index in [0.717, 1.165) is 11.1 Å². The number of hydrogen-bond acceptors (Lipinski definition) is 3. The molecule has 3 aromatic carbocycles. The topological polar surface area (TPSA) is 69.7 Å². The first-order chi connectivity index (χ1) is 16.0. The monoisotopic (exact) mass is 445 g/mol. The maximum atomic E-state index is 13.1. The molecule has 0 radical (unpaired) electrons. The summed E-state index contributed by atoms with van der Waals surface area (Å²) in [5.41, 5.74) is 2.98. The highest BCUT2D eigenvalue weighted by Crippen LogP contribution is 2.19. The Morgan fingerprint density at radius 1 is 0.697 bits per heavy atom. The number of carbonyl (C=O) groups is 3. The minimum Gasteiger partial charge on any atom is -0.343 e. The molecule has 4 rings (SSSR count). The Balaban J connectivity index is 1.25. The van der Waals surface area contributed by atoms with Crippen molar-refractivity contribution in [1.29, 1.82) is 0 Å².